The second-order valence-electron chi connectivity index (χ2n) is 8.12. The molecule has 29 heavy (non-hydrogen) atoms. The van der Waals surface area contributed by atoms with Crippen LogP contribution in [0.2, 0.25) is 0 Å². The van der Waals surface area contributed by atoms with Gasteiger partial charge in [-0.05, 0) is 56.0 Å². The van der Waals surface area contributed by atoms with Crippen molar-refractivity contribution in [2.75, 3.05) is 13.1 Å². The number of rotatable bonds is 3. The third kappa shape index (κ3) is 2.99. The van der Waals surface area contributed by atoms with E-state index >= 15 is 0 Å². The van der Waals surface area contributed by atoms with Gasteiger partial charge >= 0.3 is 0 Å². The van der Waals surface area contributed by atoms with Gasteiger partial charge in [0.25, 0.3) is 5.91 Å². The molecule has 1 saturated carbocycles. The molecule has 0 spiro atoms. The summed E-state index contributed by atoms with van der Waals surface area (Å²) < 4.78 is 11.8. The molecule has 2 aromatic heterocycles. The van der Waals surface area contributed by atoms with Gasteiger partial charge in [-0.15, -0.1) is 0 Å². The predicted molar refractivity (Wildman–Crippen MR) is 108 cm³/mol. The summed E-state index contributed by atoms with van der Waals surface area (Å²) in [6.07, 6.45) is 4.20. The fourth-order valence-electron chi connectivity index (χ4n) is 4.19. The SMILES string of the molecule is O=C(c1ccc2nc(C3CC3)oc2c1)N1CCCC(c2nc3ccccc3o2)C1. The van der Waals surface area contributed by atoms with Crippen LogP contribution in [0.5, 0.6) is 0 Å². The number of para-hydroxylation sites is 2. The number of carbonyl (C=O) groups is 1. The first-order valence-corrected chi connectivity index (χ1v) is 10.3. The smallest absolute Gasteiger partial charge is 0.254 e. The third-order valence-electron chi connectivity index (χ3n) is 5.95. The monoisotopic (exact) mass is 387 g/mol. The molecule has 6 rings (SSSR count). The molecule has 4 aromatic rings. The van der Waals surface area contributed by atoms with E-state index in [0.717, 1.165) is 60.6 Å². The Morgan fingerprint density at radius 1 is 0.897 bits per heavy atom. The van der Waals surface area contributed by atoms with Crippen molar-refractivity contribution in [3.8, 4) is 0 Å². The third-order valence-corrected chi connectivity index (χ3v) is 5.95. The maximum atomic E-state index is 13.2. The number of aromatic nitrogens is 2. The summed E-state index contributed by atoms with van der Waals surface area (Å²) >= 11 is 0. The molecule has 2 aromatic carbocycles. The number of fused-ring (bicyclic) bond motifs is 2. The molecule has 1 amide bonds. The Morgan fingerprint density at radius 2 is 1.66 bits per heavy atom. The predicted octanol–water partition coefficient (Wildman–Crippen LogP) is 4.87. The van der Waals surface area contributed by atoms with Gasteiger partial charge in [-0.2, -0.15) is 0 Å². The van der Waals surface area contributed by atoms with Crippen molar-refractivity contribution in [1.29, 1.82) is 0 Å². The average Bonchev–Trinajstić information content (AvgIpc) is 3.38. The maximum absolute atomic E-state index is 13.2. The molecule has 6 nitrogen and oxygen atoms in total. The minimum absolute atomic E-state index is 0.0251. The normalized spacial score (nSPS) is 19.9. The highest BCUT2D eigenvalue weighted by atomic mass is 16.4. The Hall–Kier alpha value is -3.15. The highest BCUT2D eigenvalue weighted by molar-refractivity contribution is 5.97. The quantitative estimate of drug-likeness (QED) is 0.502. The molecule has 6 heteroatoms. The maximum Gasteiger partial charge on any atom is 0.254 e. The Labute approximate surface area is 167 Å². The van der Waals surface area contributed by atoms with Gasteiger partial charge in [0.2, 0.25) is 0 Å². The summed E-state index contributed by atoms with van der Waals surface area (Å²) in [6.45, 7) is 1.37. The van der Waals surface area contributed by atoms with Crippen LogP contribution < -0.4 is 0 Å². The largest absolute Gasteiger partial charge is 0.440 e. The number of benzene rings is 2. The van der Waals surface area contributed by atoms with Crippen molar-refractivity contribution < 1.29 is 13.6 Å². The van der Waals surface area contributed by atoms with Gasteiger partial charge in [0.05, 0.1) is 5.92 Å². The van der Waals surface area contributed by atoms with Crippen LogP contribution >= 0.6 is 0 Å². The van der Waals surface area contributed by atoms with Crippen molar-refractivity contribution in [2.24, 2.45) is 0 Å². The van der Waals surface area contributed by atoms with Crippen molar-refractivity contribution in [2.45, 2.75) is 37.5 Å². The molecule has 0 radical (unpaired) electrons. The lowest BCUT2D eigenvalue weighted by atomic mass is 9.97. The highest BCUT2D eigenvalue weighted by Gasteiger charge is 2.30. The van der Waals surface area contributed by atoms with Gasteiger partial charge in [0.15, 0.2) is 22.9 Å². The van der Waals surface area contributed by atoms with Crippen molar-refractivity contribution in [3.63, 3.8) is 0 Å². The molecule has 3 heterocycles. The van der Waals surface area contributed by atoms with Crippen LogP contribution in [0, 0.1) is 0 Å². The number of amides is 1. The van der Waals surface area contributed by atoms with E-state index in [1.807, 2.05) is 47.4 Å². The molecule has 1 aliphatic carbocycles. The second kappa shape index (κ2) is 6.44. The van der Waals surface area contributed by atoms with Crippen molar-refractivity contribution in [1.82, 2.24) is 14.9 Å². The number of likely N-dealkylation sites (tertiary alicyclic amines) is 1. The number of nitrogens with zero attached hydrogens (tertiary/aromatic N) is 3. The van der Waals surface area contributed by atoms with E-state index in [0.29, 0.717) is 23.6 Å². The Balaban J connectivity index is 1.24. The van der Waals surface area contributed by atoms with E-state index in [2.05, 4.69) is 9.97 Å². The topological polar surface area (TPSA) is 72.4 Å². The lowest BCUT2D eigenvalue weighted by molar-refractivity contribution is 0.0699. The zero-order valence-corrected chi connectivity index (χ0v) is 16.0. The number of piperidine rings is 1. The van der Waals surface area contributed by atoms with Gasteiger partial charge < -0.3 is 13.7 Å². The fraction of sp³-hybridized carbons (Fsp3) is 0.348. The Kier molecular flexibility index (Phi) is 3.72. The second-order valence-corrected chi connectivity index (χ2v) is 8.12. The van der Waals surface area contributed by atoms with E-state index in [1.165, 1.54) is 0 Å². The number of hydrogen-bond donors (Lipinski definition) is 0. The van der Waals surface area contributed by atoms with Crippen LogP contribution in [-0.2, 0) is 0 Å². The number of oxazole rings is 2. The number of carbonyl (C=O) groups excluding carboxylic acids is 1. The standard InChI is InChI=1S/C23H21N3O3/c27-23(15-9-10-18-20(12-15)29-21(25-18)14-7-8-14)26-11-3-4-16(13-26)22-24-17-5-1-2-6-19(17)28-22/h1-2,5-6,9-10,12,14,16H,3-4,7-8,11,13H2. The first-order chi connectivity index (χ1) is 14.2. The Bertz CT molecular complexity index is 1190. The lowest BCUT2D eigenvalue weighted by Crippen LogP contribution is -2.39. The van der Waals surface area contributed by atoms with Crippen molar-refractivity contribution in [3.05, 3.63) is 59.8 Å². The van der Waals surface area contributed by atoms with E-state index in [4.69, 9.17) is 8.83 Å². The molecular weight excluding hydrogens is 366 g/mol. The summed E-state index contributed by atoms with van der Waals surface area (Å²) in [7, 11) is 0. The van der Waals surface area contributed by atoms with E-state index < -0.39 is 0 Å². The highest BCUT2D eigenvalue weighted by Crippen LogP contribution is 2.40. The van der Waals surface area contributed by atoms with Gasteiger partial charge in [0, 0.05) is 24.6 Å². The molecule has 1 saturated heterocycles. The first-order valence-electron chi connectivity index (χ1n) is 10.3. The first kappa shape index (κ1) is 16.8. The molecule has 146 valence electrons. The van der Waals surface area contributed by atoms with E-state index in [1.54, 1.807) is 0 Å². The van der Waals surface area contributed by atoms with Crippen LogP contribution in [0.15, 0.2) is 51.3 Å². The molecule has 1 atom stereocenters. The molecule has 1 unspecified atom stereocenters. The van der Waals surface area contributed by atoms with Gasteiger partial charge in [-0.1, -0.05) is 12.1 Å². The van der Waals surface area contributed by atoms with Crippen LogP contribution in [0.4, 0.5) is 0 Å². The van der Waals surface area contributed by atoms with E-state index in [-0.39, 0.29) is 11.8 Å². The van der Waals surface area contributed by atoms with Crippen molar-refractivity contribution >= 4 is 28.1 Å². The minimum Gasteiger partial charge on any atom is -0.440 e. The number of hydrogen-bond acceptors (Lipinski definition) is 5. The zero-order valence-electron chi connectivity index (χ0n) is 16.0. The molecule has 2 aliphatic rings. The van der Waals surface area contributed by atoms with Gasteiger partial charge in [0.1, 0.15) is 11.0 Å². The summed E-state index contributed by atoms with van der Waals surface area (Å²) in [5, 5.41) is 0. The van der Waals surface area contributed by atoms with Gasteiger partial charge in [-0.25, -0.2) is 9.97 Å². The Morgan fingerprint density at radius 3 is 2.48 bits per heavy atom. The molecule has 0 bridgehead atoms. The summed E-state index contributed by atoms with van der Waals surface area (Å²) in [6, 6.07) is 13.4. The molecule has 1 aliphatic heterocycles. The molecule has 0 N–H and O–H groups in total. The zero-order chi connectivity index (χ0) is 19.4. The van der Waals surface area contributed by atoms with Crippen LogP contribution in [0.25, 0.3) is 22.2 Å². The van der Waals surface area contributed by atoms with Crippen LogP contribution in [0.3, 0.4) is 0 Å². The summed E-state index contributed by atoms with van der Waals surface area (Å²) in [5.74, 6) is 2.13. The molecular formula is C23H21N3O3. The summed E-state index contributed by atoms with van der Waals surface area (Å²) in [5.41, 5.74) is 3.84. The van der Waals surface area contributed by atoms with Crippen LogP contribution in [-0.4, -0.2) is 33.9 Å². The van der Waals surface area contributed by atoms with Crippen LogP contribution in [0.1, 0.15) is 59.7 Å². The van der Waals surface area contributed by atoms with E-state index in [9.17, 15) is 4.79 Å². The molecule has 2 fully saturated rings. The lowest BCUT2D eigenvalue weighted by Gasteiger charge is -2.31. The summed E-state index contributed by atoms with van der Waals surface area (Å²) in [4.78, 5) is 24.3. The van der Waals surface area contributed by atoms with Gasteiger partial charge in [-0.3, -0.25) is 4.79 Å². The average molecular weight is 387 g/mol. The minimum atomic E-state index is 0.0251. The fourth-order valence-corrected chi connectivity index (χ4v) is 4.19.